The van der Waals surface area contributed by atoms with Gasteiger partial charge in [-0.2, -0.15) is 0 Å². The van der Waals surface area contributed by atoms with Gasteiger partial charge in [0, 0.05) is 43.3 Å². The topological polar surface area (TPSA) is 171 Å². The lowest BCUT2D eigenvalue weighted by atomic mass is 9.93. The molecule has 238 valence electrons. The molecule has 2 aliphatic rings. The van der Waals surface area contributed by atoms with Crippen LogP contribution in [0.3, 0.4) is 0 Å². The number of anilines is 2. The summed E-state index contributed by atoms with van der Waals surface area (Å²) in [6.45, 7) is 4.77. The number of pyridine rings is 1. The predicted molar refractivity (Wildman–Crippen MR) is 162 cm³/mol. The molecule has 2 fully saturated rings. The van der Waals surface area contributed by atoms with Gasteiger partial charge in [-0.25, -0.2) is 38.0 Å². The summed E-state index contributed by atoms with van der Waals surface area (Å²) in [4.78, 5) is 29.6. The minimum absolute atomic E-state index is 0.0913. The molecule has 5 rings (SSSR count). The van der Waals surface area contributed by atoms with E-state index in [1.54, 1.807) is 11.5 Å². The first kappa shape index (κ1) is 31.6. The van der Waals surface area contributed by atoms with E-state index in [1.807, 2.05) is 4.90 Å². The number of halogens is 1. The molecule has 0 unspecified atom stereocenters. The van der Waals surface area contributed by atoms with E-state index in [0.717, 1.165) is 38.6 Å². The number of methoxy groups -OCH3 is 1. The molecule has 0 aliphatic carbocycles. The van der Waals surface area contributed by atoms with Gasteiger partial charge in [-0.05, 0) is 62.0 Å². The minimum atomic E-state index is -3.64. The molecule has 44 heavy (non-hydrogen) atoms. The van der Waals surface area contributed by atoms with Gasteiger partial charge in [0.2, 0.25) is 21.9 Å². The van der Waals surface area contributed by atoms with E-state index in [0.29, 0.717) is 79.0 Å². The fraction of sp³-hybridized carbons (Fsp3) is 0.500. The quantitative estimate of drug-likeness (QED) is 0.191. The summed E-state index contributed by atoms with van der Waals surface area (Å²) < 4.78 is 52.6. The molecular formula is C28H37FN8O6S. The number of benzene rings is 1. The number of fused-ring (bicyclic) bond motifs is 1. The van der Waals surface area contributed by atoms with Crippen molar-refractivity contribution in [1.82, 2.24) is 30.6 Å². The number of hydrogen-bond donors (Lipinski definition) is 4. The molecule has 2 aliphatic heterocycles. The van der Waals surface area contributed by atoms with E-state index in [9.17, 15) is 13.2 Å². The molecule has 0 bridgehead atoms. The van der Waals surface area contributed by atoms with Gasteiger partial charge in [0.1, 0.15) is 11.5 Å². The highest BCUT2D eigenvalue weighted by Crippen LogP contribution is 2.35. The highest BCUT2D eigenvalue weighted by atomic mass is 32.2. The highest BCUT2D eigenvalue weighted by Gasteiger charge is 2.24. The monoisotopic (exact) mass is 632 g/mol. The second-order valence-corrected chi connectivity index (χ2v) is 12.7. The molecule has 4 N–H and O–H groups in total. The average Bonchev–Trinajstić information content (AvgIpc) is 3.01. The molecule has 2 saturated heterocycles. The van der Waals surface area contributed by atoms with Crippen LogP contribution in [0, 0.1) is 11.7 Å². The van der Waals surface area contributed by atoms with Gasteiger partial charge in [0.15, 0.2) is 0 Å². The molecule has 2 aromatic heterocycles. The predicted octanol–water partition coefficient (Wildman–Crippen LogP) is 2.34. The first-order valence-electron chi connectivity index (χ1n) is 14.4. The van der Waals surface area contributed by atoms with Gasteiger partial charge in [0.25, 0.3) is 0 Å². The third kappa shape index (κ3) is 7.80. The molecule has 4 heterocycles. The number of sulfonamides is 1. The summed E-state index contributed by atoms with van der Waals surface area (Å²) in [5.74, 6) is 0.549. The Morgan fingerprint density at radius 1 is 1.16 bits per heavy atom. The van der Waals surface area contributed by atoms with E-state index in [2.05, 4.69) is 19.9 Å². The number of amides is 2. The number of nitrogens with one attached hydrogen (secondary N) is 3. The van der Waals surface area contributed by atoms with Crippen LogP contribution >= 0.6 is 0 Å². The molecule has 2 amide bonds. The second kappa shape index (κ2) is 13.8. The van der Waals surface area contributed by atoms with Gasteiger partial charge in [-0.15, -0.1) is 0 Å². The van der Waals surface area contributed by atoms with Crippen molar-refractivity contribution in [2.24, 2.45) is 5.92 Å². The van der Waals surface area contributed by atoms with Crippen molar-refractivity contribution in [3.8, 4) is 17.1 Å². The minimum Gasteiger partial charge on any atom is -0.480 e. The lowest BCUT2D eigenvalue weighted by molar-refractivity contribution is 0.122. The van der Waals surface area contributed by atoms with Crippen molar-refractivity contribution in [3.05, 3.63) is 35.8 Å². The molecule has 0 atom stereocenters. The number of ether oxygens (including phenoxy) is 2. The molecule has 1 aromatic carbocycles. The number of hydrogen-bond acceptors (Lipinski definition) is 11. The van der Waals surface area contributed by atoms with Crippen LogP contribution < -0.4 is 25.2 Å². The number of carbonyl (C=O) groups excluding carboxylic acids is 1. The van der Waals surface area contributed by atoms with Crippen LogP contribution in [0.2, 0.25) is 0 Å². The van der Waals surface area contributed by atoms with Crippen molar-refractivity contribution in [1.29, 1.82) is 0 Å². The Kier molecular flexibility index (Phi) is 9.93. The lowest BCUT2D eigenvalue weighted by Gasteiger charge is -2.32. The zero-order chi connectivity index (χ0) is 31.3. The zero-order valence-corrected chi connectivity index (χ0v) is 25.5. The summed E-state index contributed by atoms with van der Waals surface area (Å²) in [5.41, 5.74) is 3.92. The molecule has 3 aromatic rings. The molecular weight excluding hydrogens is 595 g/mol. The van der Waals surface area contributed by atoms with Crippen molar-refractivity contribution >= 4 is 38.6 Å². The maximum absolute atomic E-state index is 15.2. The summed E-state index contributed by atoms with van der Waals surface area (Å²) in [7, 11) is -2.25. The number of piperidine rings is 1. The second-order valence-electron chi connectivity index (χ2n) is 11.0. The van der Waals surface area contributed by atoms with E-state index in [-0.39, 0.29) is 11.6 Å². The summed E-state index contributed by atoms with van der Waals surface area (Å²) in [5, 5.41) is 11.7. The van der Waals surface area contributed by atoms with Crippen molar-refractivity contribution in [2.75, 3.05) is 68.9 Å². The summed E-state index contributed by atoms with van der Waals surface area (Å²) >= 11 is 0. The Bertz CT molecular complexity index is 1600. The molecule has 0 saturated carbocycles. The average molecular weight is 633 g/mol. The number of morpholine rings is 1. The Morgan fingerprint density at radius 2 is 1.91 bits per heavy atom. The van der Waals surface area contributed by atoms with Crippen LogP contribution in [0.5, 0.6) is 5.88 Å². The molecule has 0 spiro atoms. The maximum Gasteiger partial charge on any atom is 0.338 e. The van der Waals surface area contributed by atoms with E-state index >= 15 is 4.39 Å². The smallest absolute Gasteiger partial charge is 0.338 e. The summed E-state index contributed by atoms with van der Waals surface area (Å²) in [6, 6.07) is 3.86. The first-order chi connectivity index (χ1) is 21.1. The van der Waals surface area contributed by atoms with Crippen molar-refractivity contribution in [2.45, 2.75) is 25.8 Å². The largest absolute Gasteiger partial charge is 0.480 e. The standard InChI is InChI=1S/C28H37FN8O6S/c1-42-26-23(35-44(2,40)41)14-19(16-31-26)24-22-15-21(29)13-20(25(22)33-27(32-24)37-9-11-43-12-10-37)17-36-7-4-18(5-8-36)3-6-30-28(38)34-39/h13-16,18,35,39H,3-12,17H2,1-2H3,(H2,30,34,38). The fourth-order valence-corrected chi connectivity index (χ4v) is 6.17. The Hall–Kier alpha value is -3.86. The molecule has 16 heteroatoms. The van der Waals surface area contributed by atoms with Crippen LogP contribution in [0.25, 0.3) is 22.2 Å². The van der Waals surface area contributed by atoms with Crippen LogP contribution in [0.15, 0.2) is 24.4 Å². The van der Waals surface area contributed by atoms with E-state index < -0.39 is 21.9 Å². The van der Waals surface area contributed by atoms with E-state index in [1.165, 1.54) is 25.4 Å². The first-order valence-corrected chi connectivity index (χ1v) is 16.3. The lowest BCUT2D eigenvalue weighted by Crippen LogP contribution is -2.37. The Balaban J connectivity index is 1.49. The van der Waals surface area contributed by atoms with Crippen LogP contribution in [0.4, 0.5) is 20.8 Å². The number of urea groups is 1. The zero-order valence-electron chi connectivity index (χ0n) is 24.7. The van der Waals surface area contributed by atoms with Gasteiger partial charge in [-0.3, -0.25) is 14.8 Å². The normalized spacial score (nSPS) is 16.6. The van der Waals surface area contributed by atoms with Gasteiger partial charge in [-0.1, -0.05) is 0 Å². The number of hydroxylamine groups is 1. The molecule has 0 radical (unpaired) electrons. The number of rotatable bonds is 10. The van der Waals surface area contributed by atoms with E-state index in [4.69, 9.17) is 24.6 Å². The fourth-order valence-electron chi connectivity index (χ4n) is 5.62. The Morgan fingerprint density at radius 3 is 2.59 bits per heavy atom. The number of aromatic nitrogens is 3. The van der Waals surface area contributed by atoms with Crippen LogP contribution in [-0.4, -0.2) is 98.8 Å². The van der Waals surface area contributed by atoms with Gasteiger partial charge >= 0.3 is 6.03 Å². The number of carbonyl (C=O) groups is 1. The van der Waals surface area contributed by atoms with Gasteiger partial charge < -0.3 is 19.7 Å². The van der Waals surface area contributed by atoms with Crippen LogP contribution in [0.1, 0.15) is 24.8 Å². The third-order valence-electron chi connectivity index (χ3n) is 7.78. The van der Waals surface area contributed by atoms with Gasteiger partial charge in [0.05, 0.1) is 37.8 Å². The number of likely N-dealkylation sites (tertiary alicyclic amines) is 1. The third-order valence-corrected chi connectivity index (χ3v) is 8.37. The Labute approximate surface area is 255 Å². The highest BCUT2D eigenvalue weighted by molar-refractivity contribution is 7.92. The number of nitrogens with zero attached hydrogens (tertiary/aromatic N) is 5. The maximum atomic E-state index is 15.2. The van der Waals surface area contributed by atoms with Crippen molar-refractivity contribution in [3.63, 3.8) is 0 Å². The van der Waals surface area contributed by atoms with Crippen LogP contribution in [-0.2, 0) is 21.3 Å². The summed E-state index contributed by atoms with van der Waals surface area (Å²) in [6.07, 6.45) is 5.19. The van der Waals surface area contributed by atoms with Crippen molar-refractivity contribution < 1.29 is 32.3 Å². The SMILES string of the molecule is COc1ncc(-c2nc(N3CCOCC3)nc3c(CN4CCC(CCNC(=O)NO)CC4)cc(F)cc23)cc1NS(C)(=O)=O. The molecule has 14 nitrogen and oxygen atoms in total.